The molecule has 4 nitrogen and oxygen atoms in total. The first-order valence-electron chi connectivity index (χ1n) is 6.54. The molecule has 1 aliphatic heterocycles. The summed E-state index contributed by atoms with van der Waals surface area (Å²) >= 11 is 12.4. The molecule has 2 rings (SSSR count). The molecular weight excluding hydrogens is 299 g/mol. The van der Waals surface area contributed by atoms with Crippen LogP contribution in [0.4, 0.5) is 0 Å². The first kappa shape index (κ1) is 15.6. The van der Waals surface area contributed by atoms with E-state index in [2.05, 4.69) is 0 Å². The average molecular weight is 317 g/mol. The summed E-state index contributed by atoms with van der Waals surface area (Å²) in [6, 6.07) is 5.02. The number of halogens is 2. The Kier molecular flexibility index (Phi) is 5.27. The van der Waals surface area contributed by atoms with Gasteiger partial charge in [0.05, 0.1) is 22.7 Å². The van der Waals surface area contributed by atoms with Crippen LogP contribution in [0.1, 0.15) is 24.4 Å². The van der Waals surface area contributed by atoms with Gasteiger partial charge in [0.1, 0.15) is 0 Å². The van der Waals surface area contributed by atoms with E-state index in [1.807, 2.05) is 12.1 Å². The second-order valence-corrected chi connectivity index (χ2v) is 5.66. The van der Waals surface area contributed by atoms with Gasteiger partial charge in [0.25, 0.3) is 0 Å². The quantitative estimate of drug-likeness (QED) is 0.929. The molecule has 6 heteroatoms. The number of nitrogens with zero attached hydrogens (tertiary/aromatic N) is 1. The number of hydrogen-bond donors (Lipinski definition) is 1. The highest BCUT2D eigenvalue weighted by Crippen LogP contribution is 2.37. The molecule has 0 radical (unpaired) electrons. The molecule has 2 N–H and O–H groups in total. The number of carbonyl (C=O) groups excluding carboxylic acids is 1. The molecule has 2 atom stereocenters. The maximum atomic E-state index is 12.2. The maximum Gasteiger partial charge on any atom is 0.223 e. The molecule has 1 amide bonds. The lowest BCUT2D eigenvalue weighted by Gasteiger charge is -2.40. The zero-order valence-corrected chi connectivity index (χ0v) is 12.8. The van der Waals surface area contributed by atoms with E-state index in [0.717, 1.165) is 5.56 Å². The first-order chi connectivity index (χ1) is 9.56. The van der Waals surface area contributed by atoms with Crippen molar-refractivity contribution in [1.82, 2.24) is 4.90 Å². The third kappa shape index (κ3) is 3.09. The molecule has 1 heterocycles. The maximum absolute atomic E-state index is 12.2. The third-order valence-corrected chi connectivity index (χ3v) is 4.42. The summed E-state index contributed by atoms with van der Waals surface area (Å²) in [6.07, 6.45) is 1.11. The second-order valence-electron chi connectivity index (χ2n) is 4.87. The molecule has 0 saturated carbocycles. The Morgan fingerprint density at radius 2 is 2.20 bits per heavy atom. The summed E-state index contributed by atoms with van der Waals surface area (Å²) < 4.78 is 5.07. The van der Waals surface area contributed by atoms with Gasteiger partial charge in [-0.05, 0) is 18.1 Å². The summed E-state index contributed by atoms with van der Waals surface area (Å²) in [5, 5.41) is 0.938. The molecule has 1 aliphatic rings. The summed E-state index contributed by atoms with van der Waals surface area (Å²) in [6.45, 7) is 0.962. The van der Waals surface area contributed by atoms with Crippen LogP contribution in [0.25, 0.3) is 0 Å². The Bertz CT molecular complexity index is 496. The zero-order valence-electron chi connectivity index (χ0n) is 11.3. The molecular formula is C14H18Cl2N2O2. The molecule has 1 fully saturated rings. The topological polar surface area (TPSA) is 55.6 Å². The number of amides is 1. The molecule has 1 aromatic carbocycles. The molecule has 0 bridgehead atoms. The Balaban J connectivity index is 2.37. The number of likely N-dealkylation sites (tertiary alicyclic amines) is 1. The van der Waals surface area contributed by atoms with Crippen LogP contribution >= 0.6 is 23.2 Å². The molecule has 0 aromatic heterocycles. The van der Waals surface area contributed by atoms with Gasteiger partial charge in [-0.3, -0.25) is 4.79 Å². The number of piperidine rings is 1. The standard InChI is InChI=1S/C14H18Cl2N2O2/c1-20-8-7-18-12(19)6-5-11(17)14(18)9-3-2-4-10(15)13(9)16/h2-4,11,14H,5-8,17H2,1H3. The lowest BCUT2D eigenvalue weighted by molar-refractivity contribution is -0.138. The largest absolute Gasteiger partial charge is 0.383 e. The number of hydrogen-bond acceptors (Lipinski definition) is 3. The van der Waals surface area contributed by atoms with Crippen molar-refractivity contribution in [2.45, 2.75) is 24.9 Å². The smallest absolute Gasteiger partial charge is 0.223 e. The molecule has 110 valence electrons. The molecule has 1 aromatic rings. The summed E-state index contributed by atoms with van der Waals surface area (Å²) in [5.41, 5.74) is 7.02. The van der Waals surface area contributed by atoms with E-state index < -0.39 is 0 Å². The molecule has 20 heavy (non-hydrogen) atoms. The van der Waals surface area contributed by atoms with E-state index >= 15 is 0 Å². The fourth-order valence-corrected chi connectivity index (χ4v) is 3.00. The average Bonchev–Trinajstić information content (AvgIpc) is 2.43. The van der Waals surface area contributed by atoms with Crippen LogP contribution in [0.15, 0.2) is 18.2 Å². The van der Waals surface area contributed by atoms with Gasteiger partial charge in [-0.15, -0.1) is 0 Å². The monoisotopic (exact) mass is 316 g/mol. The van der Waals surface area contributed by atoms with Crippen LogP contribution in [0.5, 0.6) is 0 Å². The number of carbonyl (C=O) groups is 1. The van der Waals surface area contributed by atoms with Gasteiger partial charge < -0.3 is 15.4 Å². The van der Waals surface area contributed by atoms with E-state index in [1.165, 1.54) is 0 Å². The van der Waals surface area contributed by atoms with Gasteiger partial charge in [0, 0.05) is 26.1 Å². The third-order valence-electron chi connectivity index (χ3n) is 3.59. The summed E-state index contributed by atoms with van der Waals surface area (Å²) in [7, 11) is 1.61. The molecule has 2 unspecified atom stereocenters. The van der Waals surface area contributed by atoms with E-state index in [9.17, 15) is 4.79 Å². The van der Waals surface area contributed by atoms with E-state index in [4.69, 9.17) is 33.7 Å². The highest BCUT2D eigenvalue weighted by Gasteiger charge is 2.35. The SMILES string of the molecule is COCCN1C(=O)CCC(N)C1c1cccc(Cl)c1Cl. The first-order valence-corrected chi connectivity index (χ1v) is 7.29. The number of ether oxygens (including phenoxy) is 1. The van der Waals surface area contributed by atoms with E-state index in [1.54, 1.807) is 18.1 Å². The number of nitrogens with two attached hydrogens (primary N) is 1. The van der Waals surface area contributed by atoms with Crippen LogP contribution in [-0.2, 0) is 9.53 Å². The lowest BCUT2D eigenvalue weighted by Crippen LogP contribution is -2.49. The van der Waals surface area contributed by atoms with Crippen molar-refractivity contribution in [3.63, 3.8) is 0 Å². The number of benzene rings is 1. The summed E-state index contributed by atoms with van der Waals surface area (Å²) in [5.74, 6) is 0.0739. The zero-order chi connectivity index (χ0) is 14.7. The van der Waals surface area contributed by atoms with Crippen LogP contribution in [0, 0.1) is 0 Å². The van der Waals surface area contributed by atoms with Crippen molar-refractivity contribution >= 4 is 29.1 Å². The van der Waals surface area contributed by atoms with Crippen LogP contribution < -0.4 is 5.73 Å². The highest BCUT2D eigenvalue weighted by molar-refractivity contribution is 6.42. The van der Waals surface area contributed by atoms with Crippen molar-refractivity contribution in [3.8, 4) is 0 Å². The minimum atomic E-state index is -0.252. The second kappa shape index (κ2) is 6.76. The van der Waals surface area contributed by atoms with Gasteiger partial charge in [-0.25, -0.2) is 0 Å². The predicted octanol–water partition coefficient (Wildman–Crippen LogP) is 2.63. The van der Waals surface area contributed by atoms with Crippen molar-refractivity contribution in [1.29, 1.82) is 0 Å². The van der Waals surface area contributed by atoms with Gasteiger partial charge in [-0.2, -0.15) is 0 Å². The normalized spacial score (nSPS) is 23.2. The highest BCUT2D eigenvalue weighted by atomic mass is 35.5. The fourth-order valence-electron chi connectivity index (χ4n) is 2.58. The molecule has 1 saturated heterocycles. The van der Waals surface area contributed by atoms with Gasteiger partial charge in [0.15, 0.2) is 0 Å². The molecule has 0 spiro atoms. The lowest BCUT2D eigenvalue weighted by atomic mass is 9.90. The van der Waals surface area contributed by atoms with E-state index in [0.29, 0.717) is 36.0 Å². The van der Waals surface area contributed by atoms with Crippen molar-refractivity contribution < 1.29 is 9.53 Å². The van der Waals surface area contributed by atoms with Gasteiger partial charge >= 0.3 is 0 Å². The number of methoxy groups -OCH3 is 1. The van der Waals surface area contributed by atoms with Gasteiger partial charge in [0.2, 0.25) is 5.91 Å². The van der Waals surface area contributed by atoms with Crippen molar-refractivity contribution in [2.24, 2.45) is 5.73 Å². The van der Waals surface area contributed by atoms with E-state index in [-0.39, 0.29) is 18.0 Å². The van der Waals surface area contributed by atoms with Gasteiger partial charge in [-0.1, -0.05) is 35.3 Å². The van der Waals surface area contributed by atoms with Crippen molar-refractivity contribution in [3.05, 3.63) is 33.8 Å². The Labute approximate surface area is 128 Å². The number of rotatable bonds is 4. The van der Waals surface area contributed by atoms with Crippen LogP contribution in [0.3, 0.4) is 0 Å². The predicted molar refractivity (Wildman–Crippen MR) is 80.0 cm³/mol. The van der Waals surface area contributed by atoms with Crippen LogP contribution in [-0.4, -0.2) is 37.1 Å². The minimum absolute atomic E-state index is 0.0739. The Morgan fingerprint density at radius 3 is 2.90 bits per heavy atom. The Hall–Kier alpha value is -0.810. The molecule has 0 aliphatic carbocycles. The minimum Gasteiger partial charge on any atom is -0.383 e. The van der Waals surface area contributed by atoms with Crippen LogP contribution in [0.2, 0.25) is 10.0 Å². The fraction of sp³-hybridized carbons (Fsp3) is 0.500. The summed E-state index contributed by atoms with van der Waals surface area (Å²) in [4.78, 5) is 13.9. The Morgan fingerprint density at radius 1 is 1.45 bits per heavy atom. The van der Waals surface area contributed by atoms with Crippen molar-refractivity contribution in [2.75, 3.05) is 20.3 Å².